The number of carbonyl (C=O) groups is 2. The average molecular weight is 342 g/mol. The molecule has 1 aromatic rings. The molecule has 2 aliphatic rings. The summed E-state index contributed by atoms with van der Waals surface area (Å²) in [4.78, 5) is 27.5. The second-order valence-electron chi connectivity index (χ2n) is 7.22. The predicted molar refractivity (Wildman–Crippen MR) is 96.3 cm³/mol. The number of amides is 1. The van der Waals surface area contributed by atoms with Crippen molar-refractivity contribution in [1.82, 2.24) is 4.90 Å². The minimum absolute atomic E-state index is 0.108. The van der Waals surface area contributed by atoms with Crippen LogP contribution in [0, 0.1) is 6.07 Å². The maximum absolute atomic E-state index is 13.1. The van der Waals surface area contributed by atoms with Crippen molar-refractivity contribution in [3.63, 3.8) is 0 Å². The van der Waals surface area contributed by atoms with Crippen LogP contribution in [0.1, 0.15) is 74.3 Å². The average Bonchev–Trinajstić information content (AvgIpc) is 2.69. The normalized spacial score (nSPS) is 20.1. The number of nitrogens with zero attached hydrogens (tertiary/aromatic N) is 1. The number of carbonyl (C=O) groups excluding carboxylic acids is 2. The number of benzene rings is 1. The van der Waals surface area contributed by atoms with Gasteiger partial charge in [-0.1, -0.05) is 37.5 Å². The van der Waals surface area contributed by atoms with Gasteiger partial charge < -0.3 is 9.64 Å². The highest BCUT2D eigenvalue weighted by Gasteiger charge is 2.36. The van der Waals surface area contributed by atoms with Crippen molar-refractivity contribution in [2.45, 2.75) is 63.2 Å². The molecule has 1 radical (unpaired) electrons. The monoisotopic (exact) mass is 342 g/mol. The van der Waals surface area contributed by atoms with E-state index in [2.05, 4.69) is 6.07 Å². The zero-order chi connectivity index (χ0) is 17.6. The number of rotatable bonds is 4. The van der Waals surface area contributed by atoms with Crippen molar-refractivity contribution < 1.29 is 14.3 Å². The van der Waals surface area contributed by atoms with Gasteiger partial charge >= 0.3 is 5.97 Å². The quantitative estimate of drug-likeness (QED) is 0.617. The molecule has 135 valence electrons. The molecule has 0 bridgehead atoms. The van der Waals surface area contributed by atoms with Crippen molar-refractivity contribution >= 4 is 11.9 Å². The number of esters is 1. The first-order valence-electron chi connectivity index (χ1n) is 9.59. The zero-order valence-electron chi connectivity index (χ0n) is 15.1. The smallest absolute Gasteiger partial charge is 0.322 e. The van der Waals surface area contributed by atoms with Crippen LogP contribution in [-0.4, -0.2) is 37.0 Å². The summed E-state index contributed by atoms with van der Waals surface area (Å²) in [6.07, 6.45) is 9.07. The number of hydrogen-bond donors (Lipinski definition) is 0. The Balaban J connectivity index is 1.93. The molecule has 3 rings (SSSR count). The number of hydrogen-bond acceptors (Lipinski definition) is 3. The molecular weight excluding hydrogens is 314 g/mol. The van der Waals surface area contributed by atoms with E-state index in [1.165, 1.54) is 26.4 Å². The highest BCUT2D eigenvalue weighted by molar-refractivity contribution is 6.03. The first-order chi connectivity index (χ1) is 12.2. The third kappa shape index (κ3) is 4.05. The zero-order valence-corrected chi connectivity index (χ0v) is 15.1. The van der Waals surface area contributed by atoms with Gasteiger partial charge in [-0.3, -0.25) is 9.59 Å². The Hall–Kier alpha value is -1.84. The van der Waals surface area contributed by atoms with Gasteiger partial charge in [-0.2, -0.15) is 0 Å². The van der Waals surface area contributed by atoms with E-state index in [1.807, 2.05) is 23.1 Å². The number of piperidine rings is 1. The van der Waals surface area contributed by atoms with Gasteiger partial charge in [0.15, 0.2) is 5.92 Å². The van der Waals surface area contributed by atoms with E-state index in [-0.39, 0.29) is 5.91 Å². The first-order valence-corrected chi connectivity index (χ1v) is 9.59. The van der Waals surface area contributed by atoms with E-state index < -0.39 is 11.9 Å². The Kier molecular flexibility index (Phi) is 6.11. The van der Waals surface area contributed by atoms with Crippen LogP contribution in [0.25, 0.3) is 0 Å². The van der Waals surface area contributed by atoms with Crippen molar-refractivity contribution in [1.29, 1.82) is 0 Å². The molecule has 4 nitrogen and oxygen atoms in total. The van der Waals surface area contributed by atoms with Crippen LogP contribution in [-0.2, 0) is 14.3 Å². The molecule has 1 aliphatic heterocycles. The molecule has 1 saturated heterocycles. The third-order valence-corrected chi connectivity index (χ3v) is 5.60. The fraction of sp³-hybridized carbons (Fsp3) is 0.619. The maximum atomic E-state index is 13.1. The molecule has 0 spiro atoms. The van der Waals surface area contributed by atoms with Gasteiger partial charge in [0.2, 0.25) is 5.91 Å². The second-order valence-corrected chi connectivity index (χ2v) is 7.22. The lowest BCUT2D eigenvalue weighted by atomic mass is 9.79. The van der Waals surface area contributed by atoms with Crippen LogP contribution in [0.3, 0.4) is 0 Å². The van der Waals surface area contributed by atoms with Gasteiger partial charge in [0.25, 0.3) is 0 Å². The Bertz CT molecular complexity index is 601. The minimum Gasteiger partial charge on any atom is -0.468 e. The maximum Gasteiger partial charge on any atom is 0.322 e. The van der Waals surface area contributed by atoms with Crippen molar-refractivity contribution in [3.05, 3.63) is 35.4 Å². The summed E-state index contributed by atoms with van der Waals surface area (Å²) in [6.45, 7) is 1.48. The van der Waals surface area contributed by atoms with Crippen LogP contribution < -0.4 is 0 Å². The Morgan fingerprint density at radius 2 is 1.80 bits per heavy atom. The fourth-order valence-corrected chi connectivity index (χ4v) is 4.23. The van der Waals surface area contributed by atoms with Crippen molar-refractivity contribution in [2.75, 3.05) is 20.2 Å². The van der Waals surface area contributed by atoms with E-state index in [0.717, 1.165) is 56.3 Å². The summed E-state index contributed by atoms with van der Waals surface area (Å²) in [5.74, 6) is -1.01. The van der Waals surface area contributed by atoms with E-state index in [1.54, 1.807) is 0 Å². The number of methoxy groups -OCH3 is 1. The second kappa shape index (κ2) is 8.50. The van der Waals surface area contributed by atoms with Gasteiger partial charge in [-0.05, 0) is 55.2 Å². The summed E-state index contributed by atoms with van der Waals surface area (Å²) in [5.41, 5.74) is 1.85. The standard InChI is InChI=1S/C21H28NO3/c1-25-21(24)19(20(23)22-14-8-3-9-15-22)18-13-7-6-12-17(18)16-10-4-2-5-11-16/h6-7,13,16,19H,2-5,8-11,14-15H2,1H3. The van der Waals surface area contributed by atoms with Crippen LogP contribution in [0.15, 0.2) is 18.2 Å². The lowest BCUT2D eigenvalue weighted by Crippen LogP contribution is -2.41. The predicted octanol–water partition coefficient (Wildman–Crippen LogP) is 3.80. The molecule has 1 atom stereocenters. The van der Waals surface area contributed by atoms with Gasteiger partial charge in [0, 0.05) is 13.1 Å². The molecule has 1 saturated carbocycles. The van der Waals surface area contributed by atoms with E-state index in [9.17, 15) is 9.59 Å². The molecular formula is C21H28NO3. The SMILES string of the molecule is COC(=O)C(C(=O)N1CCCCC1)c1ccc[c]c1C1CCCCC1. The minimum atomic E-state index is -0.850. The molecule has 25 heavy (non-hydrogen) atoms. The topological polar surface area (TPSA) is 46.6 Å². The molecule has 0 aromatic heterocycles. The Morgan fingerprint density at radius 3 is 2.48 bits per heavy atom. The summed E-state index contributed by atoms with van der Waals surface area (Å²) >= 11 is 0. The highest BCUT2D eigenvalue weighted by Crippen LogP contribution is 2.37. The van der Waals surface area contributed by atoms with Crippen LogP contribution in [0.2, 0.25) is 0 Å². The molecule has 1 heterocycles. The fourth-order valence-electron chi connectivity index (χ4n) is 4.23. The molecule has 4 heteroatoms. The van der Waals surface area contributed by atoms with E-state index in [4.69, 9.17) is 4.74 Å². The van der Waals surface area contributed by atoms with Crippen LogP contribution in [0.5, 0.6) is 0 Å². The number of ether oxygens (including phenoxy) is 1. The summed E-state index contributed by atoms with van der Waals surface area (Å²) in [5, 5.41) is 0. The highest BCUT2D eigenvalue weighted by atomic mass is 16.5. The Labute approximate surface area is 150 Å². The van der Waals surface area contributed by atoms with Crippen LogP contribution >= 0.6 is 0 Å². The summed E-state index contributed by atoms with van der Waals surface area (Å²) in [6, 6.07) is 9.04. The van der Waals surface area contributed by atoms with E-state index in [0.29, 0.717) is 5.92 Å². The molecule has 1 aromatic carbocycles. The van der Waals surface area contributed by atoms with Gasteiger partial charge in [0.05, 0.1) is 7.11 Å². The largest absolute Gasteiger partial charge is 0.468 e. The molecule has 0 N–H and O–H groups in total. The summed E-state index contributed by atoms with van der Waals surface area (Å²) in [7, 11) is 1.37. The van der Waals surface area contributed by atoms with Gasteiger partial charge in [-0.25, -0.2) is 0 Å². The lowest BCUT2D eigenvalue weighted by Gasteiger charge is -2.31. The molecule has 1 amide bonds. The molecule has 2 fully saturated rings. The Morgan fingerprint density at radius 1 is 1.12 bits per heavy atom. The van der Waals surface area contributed by atoms with Gasteiger partial charge in [-0.15, -0.1) is 0 Å². The summed E-state index contributed by atoms with van der Waals surface area (Å²) < 4.78 is 5.02. The van der Waals surface area contributed by atoms with Crippen molar-refractivity contribution in [3.8, 4) is 0 Å². The number of likely N-dealkylation sites (tertiary alicyclic amines) is 1. The van der Waals surface area contributed by atoms with Gasteiger partial charge in [0.1, 0.15) is 0 Å². The third-order valence-electron chi connectivity index (χ3n) is 5.60. The lowest BCUT2D eigenvalue weighted by molar-refractivity contribution is -0.149. The first kappa shape index (κ1) is 18.0. The van der Waals surface area contributed by atoms with E-state index >= 15 is 0 Å². The molecule has 1 unspecified atom stereocenters. The van der Waals surface area contributed by atoms with Crippen molar-refractivity contribution in [2.24, 2.45) is 0 Å². The van der Waals surface area contributed by atoms with Crippen LogP contribution in [0.4, 0.5) is 0 Å². The molecule has 1 aliphatic carbocycles.